The van der Waals surface area contributed by atoms with Crippen molar-refractivity contribution in [3.05, 3.63) is 95.8 Å². The van der Waals surface area contributed by atoms with E-state index in [1.807, 2.05) is 42.7 Å². The van der Waals surface area contributed by atoms with Crippen molar-refractivity contribution < 1.29 is 17.5 Å². The summed E-state index contributed by atoms with van der Waals surface area (Å²) in [5.41, 5.74) is 2.92. The van der Waals surface area contributed by atoms with Gasteiger partial charge in [-0.25, -0.2) is 8.42 Å². The summed E-state index contributed by atoms with van der Waals surface area (Å²) < 4.78 is 34.6. The quantitative estimate of drug-likeness (QED) is 0.117. The van der Waals surface area contributed by atoms with E-state index < -0.39 is 10.1 Å². The zero-order valence-corrected chi connectivity index (χ0v) is 24.6. The van der Waals surface area contributed by atoms with Gasteiger partial charge in [0.2, 0.25) is 0 Å². The van der Waals surface area contributed by atoms with Crippen LogP contribution in [0.3, 0.4) is 0 Å². The number of unbranched alkanes of at least 4 members (excludes halogenated alkanes) is 9. The Morgan fingerprint density at radius 2 is 1.28 bits per heavy atom. The first-order valence-electron chi connectivity index (χ1n) is 14.2. The van der Waals surface area contributed by atoms with Gasteiger partial charge in [0.05, 0.1) is 16.5 Å². The van der Waals surface area contributed by atoms with E-state index in [9.17, 15) is 13.0 Å². The van der Waals surface area contributed by atoms with Crippen LogP contribution >= 0.6 is 0 Å². The van der Waals surface area contributed by atoms with Gasteiger partial charge >= 0.3 is 0 Å². The molecule has 0 aliphatic rings. The number of benzene rings is 2. The maximum Gasteiger partial charge on any atom is 0.187 e. The summed E-state index contributed by atoms with van der Waals surface area (Å²) >= 11 is 0. The summed E-state index contributed by atoms with van der Waals surface area (Å²) in [5.74, 6) is 0. The molecule has 0 spiro atoms. The maximum absolute atomic E-state index is 10.8. The highest BCUT2D eigenvalue weighted by molar-refractivity contribution is 7.85. The van der Waals surface area contributed by atoms with Crippen LogP contribution in [0.2, 0.25) is 0 Å². The van der Waals surface area contributed by atoms with Crippen molar-refractivity contribution in [1.29, 1.82) is 5.26 Å². The Balaban J connectivity index is 0.000000282. The average molecular weight is 549 g/mol. The van der Waals surface area contributed by atoms with Crippen molar-refractivity contribution in [3.8, 4) is 6.07 Å². The molecule has 0 saturated carbocycles. The fourth-order valence-electron chi connectivity index (χ4n) is 4.51. The molecule has 0 atom stereocenters. The Labute approximate surface area is 236 Å². The van der Waals surface area contributed by atoms with E-state index in [-0.39, 0.29) is 10.4 Å². The Morgan fingerprint density at radius 3 is 1.77 bits per heavy atom. The summed E-state index contributed by atoms with van der Waals surface area (Å²) in [5, 5.41) is 8.79. The van der Waals surface area contributed by atoms with Crippen molar-refractivity contribution in [2.45, 2.75) is 102 Å². The predicted octanol–water partition coefficient (Wildman–Crippen LogP) is 7.68. The summed E-state index contributed by atoms with van der Waals surface area (Å²) in [4.78, 5) is -0.140. The third-order valence-electron chi connectivity index (χ3n) is 7.12. The van der Waals surface area contributed by atoms with Crippen LogP contribution in [0.25, 0.3) is 0 Å². The number of rotatable bonds is 14. The lowest BCUT2D eigenvalue weighted by atomic mass is 9.94. The minimum Gasteiger partial charge on any atom is -0.744 e. The lowest BCUT2D eigenvalue weighted by Crippen LogP contribution is -2.52. The second-order valence-corrected chi connectivity index (χ2v) is 11.9. The number of nitriles is 1. The van der Waals surface area contributed by atoms with Gasteiger partial charge in [0.15, 0.2) is 17.9 Å². The molecule has 0 N–H and O–H groups in total. The zero-order valence-electron chi connectivity index (χ0n) is 23.8. The Kier molecular flexibility index (Phi) is 13.9. The second-order valence-electron chi connectivity index (χ2n) is 10.6. The minimum atomic E-state index is -4.31. The summed E-state index contributed by atoms with van der Waals surface area (Å²) in [6.07, 6.45) is 17.9. The Hall–Kier alpha value is -3.01. The molecule has 0 radical (unpaired) electrons. The van der Waals surface area contributed by atoms with Crippen molar-refractivity contribution in [2.24, 2.45) is 0 Å². The van der Waals surface area contributed by atoms with E-state index in [0.717, 1.165) is 18.4 Å². The van der Waals surface area contributed by atoms with Gasteiger partial charge in [-0.2, -0.15) is 9.83 Å². The van der Waals surface area contributed by atoms with E-state index in [2.05, 4.69) is 43.5 Å². The van der Waals surface area contributed by atoms with Crippen LogP contribution in [0, 0.1) is 11.3 Å². The standard InChI is InChI=1S/C18H30O3S.C15H15N2/c1-2-3-4-5-6-7-8-9-10-11-12-17-13-15-18(16-14-17)22(19,20)21;1-15(2,14-6-4-3-5-7-14)17-10-8-13(12-16)9-11-17/h13-16H,2-12H2,1H3,(H,19,20,21);3-11H,1-2H3/q;+1/p-1. The van der Waals surface area contributed by atoms with E-state index in [4.69, 9.17) is 5.26 Å². The van der Waals surface area contributed by atoms with E-state index in [0.29, 0.717) is 5.56 Å². The minimum absolute atomic E-state index is 0.116. The SMILES string of the molecule is CC(C)(c1ccccc1)[n+]1ccc(C#N)cc1.CCCCCCCCCCCCc1ccc(S(=O)(=O)[O-])cc1. The number of hydrogen-bond acceptors (Lipinski definition) is 4. The van der Waals surface area contributed by atoms with Gasteiger partial charge in [0.1, 0.15) is 10.1 Å². The molecule has 0 bridgehead atoms. The van der Waals surface area contributed by atoms with Gasteiger partial charge in [-0.3, -0.25) is 0 Å². The number of aromatic nitrogens is 1. The first-order valence-corrected chi connectivity index (χ1v) is 15.6. The maximum atomic E-state index is 10.8. The largest absolute Gasteiger partial charge is 0.744 e. The van der Waals surface area contributed by atoms with E-state index in [1.54, 1.807) is 12.1 Å². The molecule has 0 aliphatic carbocycles. The predicted molar refractivity (Wildman–Crippen MR) is 156 cm³/mol. The molecule has 0 aliphatic heterocycles. The fourth-order valence-corrected chi connectivity index (χ4v) is 4.98. The van der Waals surface area contributed by atoms with Crippen LogP contribution in [0.5, 0.6) is 0 Å². The van der Waals surface area contributed by atoms with Crippen LogP contribution < -0.4 is 4.57 Å². The molecule has 1 aromatic heterocycles. The first kappa shape index (κ1) is 32.2. The third-order valence-corrected chi connectivity index (χ3v) is 7.96. The van der Waals surface area contributed by atoms with Gasteiger partial charge in [0.25, 0.3) is 0 Å². The van der Waals surface area contributed by atoms with Gasteiger partial charge in [-0.1, -0.05) is 107 Å². The van der Waals surface area contributed by atoms with Crippen molar-refractivity contribution in [2.75, 3.05) is 0 Å². The van der Waals surface area contributed by atoms with Crippen LogP contribution in [0.1, 0.15) is 102 Å². The molecule has 210 valence electrons. The molecule has 3 aromatic rings. The molecular weight excluding hydrogens is 504 g/mol. The summed E-state index contributed by atoms with van der Waals surface area (Å²) in [6.45, 7) is 6.57. The molecule has 2 aromatic carbocycles. The summed E-state index contributed by atoms with van der Waals surface area (Å²) in [6, 6.07) is 22.5. The monoisotopic (exact) mass is 548 g/mol. The topological polar surface area (TPSA) is 84.9 Å². The Morgan fingerprint density at radius 1 is 0.769 bits per heavy atom. The van der Waals surface area contributed by atoms with Gasteiger partial charge in [-0.05, 0) is 30.5 Å². The lowest BCUT2D eigenvalue weighted by Gasteiger charge is -2.19. The number of pyridine rings is 1. The fraction of sp³-hybridized carbons (Fsp3) is 0.455. The molecule has 3 rings (SSSR count). The highest BCUT2D eigenvalue weighted by Crippen LogP contribution is 2.19. The smallest absolute Gasteiger partial charge is 0.187 e. The molecule has 39 heavy (non-hydrogen) atoms. The number of hydrogen-bond donors (Lipinski definition) is 0. The van der Waals surface area contributed by atoms with Gasteiger partial charge in [0, 0.05) is 31.5 Å². The van der Waals surface area contributed by atoms with Crippen molar-refractivity contribution >= 4 is 10.1 Å². The zero-order chi connectivity index (χ0) is 28.6. The Bertz CT molecular complexity index is 1230. The highest BCUT2D eigenvalue weighted by atomic mass is 32.2. The number of aryl methyl sites for hydroxylation is 1. The van der Waals surface area contributed by atoms with E-state index >= 15 is 0 Å². The molecule has 0 saturated heterocycles. The third kappa shape index (κ3) is 11.7. The average Bonchev–Trinajstić information content (AvgIpc) is 2.94. The highest BCUT2D eigenvalue weighted by Gasteiger charge is 2.29. The molecule has 0 amide bonds. The molecule has 1 heterocycles. The molecule has 0 fully saturated rings. The van der Waals surface area contributed by atoms with Crippen molar-refractivity contribution in [3.63, 3.8) is 0 Å². The van der Waals surface area contributed by atoms with Crippen LogP contribution in [0.15, 0.2) is 84.0 Å². The van der Waals surface area contributed by atoms with Gasteiger partial charge in [-0.15, -0.1) is 0 Å². The van der Waals surface area contributed by atoms with Crippen molar-refractivity contribution in [1.82, 2.24) is 0 Å². The van der Waals surface area contributed by atoms with Crippen LogP contribution in [0.4, 0.5) is 0 Å². The van der Waals surface area contributed by atoms with E-state index in [1.165, 1.54) is 75.5 Å². The molecule has 6 heteroatoms. The molecule has 5 nitrogen and oxygen atoms in total. The molecule has 0 unspecified atom stereocenters. The first-order chi connectivity index (χ1) is 18.7. The summed E-state index contributed by atoms with van der Waals surface area (Å²) in [7, 11) is -4.31. The van der Waals surface area contributed by atoms with Gasteiger partial charge < -0.3 is 4.55 Å². The number of nitrogens with zero attached hydrogens (tertiary/aromatic N) is 2. The normalized spacial score (nSPS) is 11.4. The van der Waals surface area contributed by atoms with Crippen LogP contribution in [-0.4, -0.2) is 13.0 Å². The second kappa shape index (κ2) is 16.8. The van der Waals surface area contributed by atoms with Crippen LogP contribution in [-0.2, 0) is 22.1 Å². The lowest BCUT2D eigenvalue weighted by molar-refractivity contribution is -0.747. The molecular formula is C33H44N2O3S.